The van der Waals surface area contributed by atoms with E-state index in [0.29, 0.717) is 11.4 Å². The number of fused-ring (bicyclic) bond motifs is 1. The van der Waals surface area contributed by atoms with E-state index in [1.807, 2.05) is 30.3 Å². The molecule has 0 saturated carbocycles. The molecule has 0 aliphatic heterocycles. The summed E-state index contributed by atoms with van der Waals surface area (Å²) in [6.45, 7) is 0. The van der Waals surface area contributed by atoms with E-state index in [1.165, 1.54) is 24.0 Å². The first kappa shape index (κ1) is 13.4. The van der Waals surface area contributed by atoms with Gasteiger partial charge in [0, 0.05) is 17.0 Å². The average Bonchev–Trinajstić information content (AvgIpc) is 2.47. The van der Waals surface area contributed by atoms with Crippen LogP contribution in [0.1, 0.15) is 39.9 Å². The summed E-state index contributed by atoms with van der Waals surface area (Å²) in [6, 6.07) is 13.7. The number of aryl methyl sites for hydroxylation is 2. The first-order valence-corrected chi connectivity index (χ1v) is 7.49. The quantitative estimate of drug-likeness (QED) is 0.750. The van der Waals surface area contributed by atoms with Crippen LogP contribution in [0.4, 0.5) is 0 Å². The molecule has 1 aliphatic carbocycles. The van der Waals surface area contributed by atoms with Gasteiger partial charge < -0.3 is 0 Å². The molecule has 0 amide bonds. The maximum Gasteiger partial charge on any atom is 0.167 e. The number of benzene rings is 2. The summed E-state index contributed by atoms with van der Waals surface area (Å²) in [5, 5.41) is 0.681. The molecular weight excluding hydrogens is 268 g/mol. The third-order valence-corrected chi connectivity index (χ3v) is 4.16. The van der Waals surface area contributed by atoms with E-state index in [4.69, 9.17) is 11.6 Å². The summed E-state index contributed by atoms with van der Waals surface area (Å²) in [5.74, 6) is 0.167. The lowest BCUT2D eigenvalue weighted by Gasteiger charge is -2.16. The normalized spacial score (nSPS) is 13.8. The SMILES string of the molecule is O=C(Cc1cccc(Cl)c1)c1ccc2c(c1)CCCC2. The van der Waals surface area contributed by atoms with E-state index >= 15 is 0 Å². The predicted octanol–water partition coefficient (Wildman–Crippen LogP) is 4.64. The van der Waals surface area contributed by atoms with Crippen molar-refractivity contribution in [1.29, 1.82) is 0 Å². The highest BCUT2D eigenvalue weighted by Crippen LogP contribution is 2.23. The number of carbonyl (C=O) groups excluding carboxylic acids is 1. The number of carbonyl (C=O) groups is 1. The Morgan fingerprint density at radius 3 is 2.60 bits per heavy atom. The summed E-state index contributed by atoms with van der Waals surface area (Å²) < 4.78 is 0. The maximum atomic E-state index is 12.4. The molecule has 3 rings (SSSR count). The monoisotopic (exact) mass is 284 g/mol. The van der Waals surface area contributed by atoms with Crippen LogP contribution in [0.3, 0.4) is 0 Å². The average molecular weight is 285 g/mol. The van der Waals surface area contributed by atoms with Crippen molar-refractivity contribution in [2.24, 2.45) is 0 Å². The fraction of sp³-hybridized carbons (Fsp3) is 0.278. The largest absolute Gasteiger partial charge is 0.294 e. The fourth-order valence-corrected chi connectivity index (χ4v) is 3.05. The van der Waals surface area contributed by atoms with Crippen LogP contribution < -0.4 is 0 Å². The third kappa shape index (κ3) is 2.94. The summed E-state index contributed by atoms with van der Waals surface area (Å²) in [7, 11) is 0. The van der Waals surface area contributed by atoms with Crippen molar-refractivity contribution in [1.82, 2.24) is 0 Å². The highest BCUT2D eigenvalue weighted by atomic mass is 35.5. The molecule has 0 aromatic heterocycles. The van der Waals surface area contributed by atoms with Gasteiger partial charge in [-0.1, -0.05) is 35.9 Å². The molecule has 0 unspecified atom stereocenters. The molecule has 2 heteroatoms. The standard InChI is InChI=1S/C18H17ClO/c19-17-7-3-4-13(10-17)11-18(20)16-9-8-14-5-1-2-6-15(14)12-16/h3-4,7-10,12H,1-2,5-6,11H2. The van der Waals surface area contributed by atoms with Crippen LogP contribution >= 0.6 is 11.6 Å². The Morgan fingerprint density at radius 1 is 1.00 bits per heavy atom. The lowest BCUT2D eigenvalue weighted by Crippen LogP contribution is -2.08. The molecule has 2 aromatic rings. The van der Waals surface area contributed by atoms with Crippen LogP contribution in [0.15, 0.2) is 42.5 Å². The van der Waals surface area contributed by atoms with Crippen molar-refractivity contribution in [2.75, 3.05) is 0 Å². The second-order valence-corrected chi connectivity index (χ2v) is 5.86. The van der Waals surface area contributed by atoms with Gasteiger partial charge in [0.05, 0.1) is 0 Å². The van der Waals surface area contributed by atoms with Gasteiger partial charge in [-0.25, -0.2) is 0 Å². The minimum absolute atomic E-state index is 0.167. The topological polar surface area (TPSA) is 17.1 Å². The Bertz CT molecular complexity index is 646. The molecule has 1 nitrogen and oxygen atoms in total. The van der Waals surface area contributed by atoms with Crippen molar-refractivity contribution in [3.63, 3.8) is 0 Å². The molecule has 0 atom stereocenters. The van der Waals surface area contributed by atoms with E-state index in [1.54, 1.807) is 0 Å². The predicted molar refractivity (Wildman–Crippen MR) is 82.6 cm³/mol. The zero-order chi connectivity index (χ0) is 13.9. The number of rotatable bonds is 3. The van der Waals surface area contributed by atoms with Gasteiger partial charge in [0.1, 0.15) is 0 Å². The summed E-state index contributed by atoms with van der Waals surface area (Å²) in [6.07, 6.45) is 5.17. The summed E-state index contributed by atoms with van der Waals surface area (Å²) in [5.41, 5.74) is 4.56. The molecule has 102 valence electrons. The number of Topliss-reactive ketones (excluding diaryl/α,β-unsaturated/α-hetero) is 1. The Hall–Kier alpha value is -1.60. The maximum absolute atomic E-state index is 12.4. The third-order valence-electron chi connectivity index (χ3n) is 3.92. The zero-order valence-electron chi connectivity index (χ0n) is 11.4. The van der Waals surface area contributed by atoms with Crippen molar-refractivity contribution < 1.29 is 4.79 Å². The molecule has 0 radical (unpaired) electrons. The van der Waals surface area contributed by atoms with Crippen LogP contribution in [-0.4, -0.2) is 5.78 Å². The molecule has 0 heterocycles. The second kappa shape index (κ2) is 5.80. The van der Waals surface area contributed by atoms with E-state index in [0.717, 1.165) is 24.0 Å². The van der Waals surface area contributed by atoms with Crippen LogP contribution in [0.5, 0.6) is 0 Å². The number of hydrogen-bond acceptors (Lipinski definition) is 1. The number of ketones is 1. The van der Waals surface area contributed by atoms with E-state index in [9.17, 15) is 4.79 Å². The smallest absolute Gasteiger partial charge is 0.167 e. The van der Waals surface area contributed by atoms with Gasteiger partial charge in [0.25, 0.3) is 0 Å². The van der Waals surface area contributed by atoms with Gasteiger partial charge in [0.2, 0.25) is 0 Å². The van der Waals surface area contributed by atoms with E-state index in [2.05, 4.69) is 12.1 Å². The van der Waals surface area contributed by atoms with Crippen LogP contribution in [0, 0.1) is 0 Å². The van der Waals surface area contributed by atoms with Gasteiger partial charge in [-0.2, -0.15) is 0 Å². The minimum Gasteiger partial charge on any atom is -0.294 e. The second-order valence-electron chi connectivity index (χ2n) is 5.42. The van der Waals surface area contributed by atoms with Crippen LogP contribution in [0.2, 0.25) is 5.02 Å². The van der Waals surface area contributed by atoms with Gasteiger partial charge in [-0.05, 0) is 60.6 Å². The molecule has 0 bridgehead atoms. The van der Waals surface area contributed by atoms with Gasteiger partial charge in [-0.15, -0.1) is 0 Å². The fourth-order valence-electron chi connectivity index (χ4n) is 2.84. The molecule has 0 spiro atoms. The van der Waals surface area contributed by atoms with Crippen LogP contribution in [0.25, 0.3) is 0 Å². The summed E-state index contributed by atoms with van der Waals surface area (Å²) >= 11 is 5.96. The molecular formula is C18H17ClO. The molecule has 0 saturated heterocycles. The lowest BCUT2D eigenvalue weighted by atomic mass is 9.89. The first-order valence-electron chi connectivity index (χ1n) is 7.12. The van der Waals surface area contributed by atoms with E-state index < -0.39 is 0 Å². The Balaban J connectivity index is 1.80. The Labute approximate surface area is 124 Å². The molecule has 20 heavy (non-hydrogen) atoms. The Morgan fingerprint density at radius 2 is 1.80 bits per heavy atom. The number of halogens is 1. The van der Waals surface area contributed by atoms with Crippen LogP contribution in [-0.2, 0) is 19.3 Å². The van der Waals surface area contributed by atoms with E-state index in [-0.39, 0.29) is 5.78 Å². The highest BCUT2D eigenvalue weighted by molar-refractivity contribution is 6.30. The molecule has 0 fully saturated rings. The first-order chi connectivity index (χ1) is 9.72. The van der Waals surface area contributed by atoms with Gasteiger partial charge in [0.15, 0.2) is 5.78 Å². The van der Waals surface area contributed by atoms with Crippen molar-refractivity contribution in [3.8, 4) is 0 Å². The highest BCUT2D eigenvalue weighted by Gasteiger charge is 2.13. The van der Waals surface area contributed by atoms with Gasteiger partial charge >= 0.3 is 0 Å². The van der Waals surface area contributed by atoms with Crippen molar-refractivity contribution in [2.45, 2.75) is 32.1 Å². The van der Waals surface area contributed by atoms with Gasteiger partial charge in [-0.3, -0.25) is 4.79 Å². The van der Waals surface area contributed by atoms with Crippen molar-refractivity contribution in [3.05, 3.63) is 69.7 Å². The summed E-state index contributed by atoms with van der Waals surface area (Å²) in [4.78, 5) is 12.4. The molecule has 1 aliphatic rings. The minimum atomic E-state index is 0.167. The lowest BCUT2D eigenvalue weighted by molar-refractivity contribution is 0.0993. The number of hydrogen-bond donors (Lipinski definition) is 0. The molecule has 0 N–H and O–H groups in total. The Kier molecular flexibility index (Phi) is 3.88. The molecule has 2 aromatic carbocycles. The van der Waals surface area contributed by atoms with Crippen molar-refractivity contribution >= 4 is 17.4 Å². The zero-order valence-corrected chi connectivity index (χ0v) is 12.1.